The molecule has 2 rings (SSSR count). The van der Waals surface area contributed by atoms with E-state index >= 15 is 0 Å². The number of hydrogen-bond donors (Lipinski definition) is 1. The molecule has 0 bridgehead atoms. The van der Waals surface area contributed by atoms with Crippen LogP contribution in [0.3, 0.4) is 0 Å². The predicted octanol–water partition coefficient (Wildman–Crippen LogP) is 4.02. The zero-order valence-electron chi connectivity index (χ0n) is 12.4. The van der Waals surface area contributed by atoms with Crippen molar-refractivity contribution >= 4 is 22.6 Å². The molecule has 19 heavy (non-hydrogen) atoms. The first-order chi connectivity index (χ1) is 8.86. The lowest BCUT2D eigenvalue weighted by molar-refractivity contribution is 0.316. The van der Waals surface area contributed by atoms with Gasteiger partial charge in [-0.25, -0.2) is 0 Å². The zero-order chi connectivity index (χ0) is 14.0. The maximum absolute atomic E-state index is 4.85. The summed E-state index contributed by atoms with van der Waals surface area (Å²) in [7, 11) is 0. The van der Waals surface area contributed by atoms with Crippen LogP contribution in [-0.2, 0) is 0 Å². The molecule has 0 aliphatic carbocycles. The third kappa shape index (κ3) is 3.72. The maximum atomic E-state index is 4.85. The fraction of sp³-hybridized carbons (Fsp3) is 0.600. The molecule has 2 heterocycles. The molecule has 0 aromatic carbocycles. The Kier molecular flexibility index (Phi) is 4.19. The van der Waals surface area contributed by atoms with Crippen molar-refractivity contribution in [3.63, 3.8) is 0 Å². The molecule has 0 saturated heterocycles. The van der Waals surface area contributed by atoms with Gasteiger partial charge in [-0.05, 0) is 37.8 Å². The molecule has 0 radical (unpaired) electrons. The zero-order valence-corrected chi connectivity index (χ0v) is 13.3. The Morgan fingerprint density at radius 2 is 2.00 bits per heavy atom. The molecule has 1 aromatic rings. The van der Waals surface area contributed by atoms with Crippen LogP contribution in [0.15, 0.2) is 17.1 Å². The van der Waals surface area contributed by atoms with E-state index in [-0.39, 0.29) is 5.41 Å². The minimum atomic E-state index is 0.231. The Labute approximate surface area is 120 Å². The highest BCUT2D eigenvalue weighted by Crippen LogP contribution is 2.31. The van der Waals surface area contributed by atoms with Gasteiger partial charge in [0, 0.05) is 11.4 Å². The van der Waals surface area contributed by atoms with Crippen LogP contribution in [0.5, 0.6) is 0 Å². The predicted molar refractivity (Wildman–Crippen MR) is 85.1 cm³/mol. The second kappa shape index (κ2) is 5.53. The Morgan fingerprint density at radius 3 is 2.63 bits per heavy atom. The lowest BCUT2D eigenvalue weighted by Gasteiger charge is -2.31. The van der Waals surface area contributed by atoms with E-state index in [0.717, 1.165) is 34.4 Å². The third-order valence-electron chi connectivity index (χ3n) is 3.37. The summed E-state index contributed by atoms with van der Waals surface area (Å²) in [5.41, 5.74) is 3.37. The van der Waals surface area contributed by atoms with Gasteiger partial charge in [0.2, 0.25) is 0 Å². The van der Waals surface area contributed by atoms with E-state index in [0.29, 0.717) is 6.04 Å². The first-order valence-corrected chi connectivity index (χ1v) is 7.77. The van der Waals surface area contributed by atoms with Crippen LogP contribution in [-0.4, -0.2) is 21.9 Å². The molecule has 1 unspecified atom stereocenters. The molecule has 0 amide bonds. The molecule has 0 fully saturated rings. The molecule has 1 aliphatic rings. The molecule has 104 valence electrons. The Morgan fingerprint density at radius 1 is 1.26 bits per heavy atom. The summed E-state index contributed by atoms with van der Waals surface area (Å²) in [5.74, 6) is 1.13. The number of amidine groups is 1. The van der Waals surface area contributed by atoms with Gasteiger partial charge in [0.15, 0.2) is 5.17 Å². The smallest absolute Gasteiger partial charge is 0.161 e. The Hall–Kier alpha value is -1.03. The number of rotatable bonds is 1. The lowest BCUT2D eigenvalue weighted by Crippen LogP contribution is -2.30. The molecular weight excluding hydrogens is 254 g/mol. The number of nitrogens with one attached hydrogen (secondary N) is 1. The normalized spacial score (nSPS) is 20.1. The quantitative estimate of drug-likeness (QED) is 0.842. The first kappa shape index (κ1) is 14.4. The standard InChI is InChI=1S/C15H23N3S/c1-10-6-7-12(11(2)16-10)17-14-18-13(8-9-19-14)15(3,4)5/h6-7,13H,8-9H2,1-5H3,(H,17,18). The molecule has 1 aromatic heterocycles. The van der Waals surface area contributed by atoms with Crippen LogP contribution in [0.4, 0.5) is 5.69 Å². The van der Waals surface area contributed by atoms with Crippen molar-refractivity contribution in [1.82, 2.24) is 4.98 Å². The summed E-state index contributed by atoms with van der Waals surface area (Å²) < 4.78 is 0. The average molecular weight is 277 g/mol. The summed E-state index contributed by atoms with van der Waals surface area (Å²) in [5, 5.41) is 4.46. The van der Waals surface area contributed by atoms with Crippen molar-refractivity contribution in [1.29, 1.82) is 0 Å². The van der Waals surface area contributed by atoms with Crippen LogP contribution in [0.1, 0.15) is 38.6 Å². The van der Waals surface area contributed by atoms with Crippen molar-refractivity contribution < 1.29 is 0 Å². The van der Waals surface area contributed by atoms with Crippen molar-refractivity contribution in [3.05, 3.63) is 23.5 Å². The Balaban J connectivity index is 2.16. The molecule has 3 nitrogen and oxygen atoms in total. The van der Waals surface area contributed by atoms with E-state index in [2.05, 4.69) is 37.1 Å². The van der Waals surface area contributed by atoms with E-state index < -0.39 is 0 Å². The number of aliphatic imine (C=N–C) groups is 1. The van der Waals surface area contributed by atoms with Gasteiger partial charge in [-0.1, -0.05) is 32.5 Å². The fourth-order valence-electron chi connectivity index (χ4n) is 2.14. The van der Waals surface area contributed by atoms with Gasteiger partial charge in [0.1, 0.15) is 0 Å². The number of nitrogens with zero attached hydrogens (tertiary/aromatic N) is 2. The average Bonchev–Trinajstić information content (AvgIpc) is 2.32. The van der Waals surface area contributed by atoms with E-state index in [9.17, 15) is 0 Å². The van der Waals surface area contributed by atoms with E-state index in [1.54, 1.807) is 11.8 Å². The van der Waals surface area contributed by atoms with Crippen molar-refractivity contribution in [2.45, 2.75) is 47.1 Å². The van der Waals surface area contributed by atoms with Gasteiger partial charge >= 0.3 is 0 Å². The molecule has 1 N–H and O–H groups in total. The summed E-state index contributed by atoms with van der Waals surface area (Å²) in [6.07, 6.45) is 1.16. The van der Waals surface area contributed by atoms with Crippen LogP contribution in [0.25, 0.3) is 0 Å². The third-order valence-corrected chi connectivity index (χ3v) is 4.29. The summed E-state index contributed by atoms with van der Waals surface area (Å²) in [4.78, 5) is 9.33. The van der Waals surface area contributed by atoms with Crippen LogP contribution in [0, 0.1) is 19.3 Å². The molecule has 4 heteroatoms. The Bertz CT molecular complexity index is 489. The summed E-state index contributed by atoms with van der Waals surface area (Å²) in [6, 6.07) is 4.52. The molecule has 0 saturated carbocycles. The number of aromatic nitrogens is 1. The molecule has 1 aliphatic heterocycles. The summed E-state index contributed by atoms with van der Waals surface area (Å²) in [6.45, 7) is 10.8. The first-order valence-electron chi connectivity index (χ1n) is 6.78. The van der Waals surface area contributed by atoms with Crippen molar-refractivity contribution in [2.75, 3.05) is 11.1 Å². The van der Waals surface area contributed by atoms with Gasteiger partial charge in [-0.15, -0.1) is 0 Å². The number of anilines is 1. The number of thioether (sulfide) groups is 1. The topological polar surface area (TPSA) is 37.3 Å². The highest BCUT2D eigenvalue weighted by Gasteiger charge is 2.27. The SMILES string of the molecule is Cc1ccc(NC2=NC(C(C)(C)C)CCS2)c(C)n1. The molecule has 0 spiro atoms. The second-order valence-corrected chi connectivity index (χ2v) is 7.25. The lowest BCUT2D eigenvalue weighted by atomic mass is 9.85. The monoisotopic (exact) mass is 277 g/mol. The van der Waals surface area contributed by atoms with Crippen LogP contribution in [0.2, 0.25) is 0 Å². The van der Waals surface area contributed by atoms with Crippen LogP contribution < -0.4 is 5.32 Å². The van der Waals surface area contributed by atoms with Gasteiger partial charge in [-0.3, -0.25) is 9.98 Å². The van der Waals surface area contributed by atoms with Crippen LogP contribution >= 0.6 is 11.8 Å². The fourth-order valence-corrected chi connectivity index (χ4v) is 3.06. The highest BCUT2D eigenvalue weighted by atomic mass is 32.2. The van der Waals surface area contributed by atoms with Gasteiger partial charge < -0.3 is 5.32 Å². The molecular formula is C15H23N3S. The second-order valence-electron chi connectivity index (χ2n) is 6.16. The minimum Gasteiger partial charge on any atom is -0.333 e. The minimum absolute atomic E-state index is 0.231. The number of hydrogen-bond acceptors (Lipinski definition) is 4. The van der Waals surface area contributed by atoms with Gasteiger partial charge in [-0.2, -0.15) is 0 Å². The van der Waals surface area contributed by atoms with Crippen molar-refractivity contribution in [2.24, 2.45) is 10.4 Å². The van der Waals surface area contributed by atoms with E-state index in [4.69, 9.17) is 4.99 Å². The van der Waals surface area contributed by atoms with E-state index in [1.807, 2.05) is 19.9 Å². The largest absolute Gasteiger partial charge is 0.333 e. The summed E-state index contributed by atoms with van der Waals surface area (Å²) >= 11 is 1.80. The maximum Gasteiger partial charge on any atom is 0.161 e. The van der Waals surface area contributed by atoms with Crippen molar-refractivity contribution in [3.8, 4) is 0 Å². The number of pyridine rings is 1. The van der Waals surface area contributed by atoms with Gasteiger partial charge in [0.25, 0.3) is 0 Å². The number of aryl methyl sites for hydroxylation is 2. The van der Waals surface area contributed by atoms with Gasteiger partial charge in [0.05, 0.1) is 17.4 Å². The van der Waals surface area contributed by atoms with E-state index in [1.165, 1.54) is 0 Å². The molecule has 1 atom stereocenters. The highest BCUT2D eigenvalue weighted by molar-refractivity contribution is 8.14.